The average molecular weight is 377 g/mol. The summed E-state index contributed by atoms with van der Waals surface area (Å²) in [5.41, 5.74) is 0. The Labute approximate surface area is 165 Å². The summed E-state index contributed by atoms with van der Waals surface area (Å²) >= 11 is 0. The van der Waals surface area contributed by atoms with Crippen molar-refractivity contribution in [2.75, 3.05) is 6.61 Å². The van der Waals surface area contributed by atoms with E-state index in [1.807, 2.05) is 0 Å². The van der Waals surface area contributed by atoms with Crippen molar-refractivity contribution in [2.45, 2.75) is 135 Å². The van der Waals surface area contributed by atoms with Gasteiger partial charge >= 0.3 is 0 Å². The second-order valence-corrected chi connectivity index (χ2v) is 13.6. The SMILES string of the molecule is [2H]C([2H])(CCCCCCCCO[Si](C)(C)C(C)(C)C)C([2H])([2H])[C@H](O)CCCCC. The molecule has 3 heteroatoms. The molecule has 0 aliphatic heterocycles. The lowest BCUT2D eigenvalue weighted by atomic mass is 10.0. The van der Waals surface area contributed by atoms with E-state index in [-0.39, 0.29) is 11.5 Å². The maximum atomic E-state index is 10.1. The van der Waals surface area contributed by atoms with E-state index in [4.69, 9.17) is 9.91 Å². The minimum Gasteiger partial charge on any atom is -0.417 e. The van der Waals surface area contributed by atoms with E-state index in [1.54, 1.807) is 0 Å². The van der Waals surface area contributed by atoms with Crippen LogP contribution < -0.4 is 0 Å². The summed E-state index contributed by atoms with van der Waals surface area (Å²) in [6.07, 6.45) is 3.68. The molecule has 0 unspecified atom stereocenters. The number of rotatable bonds is 16. The van der Waals surface area contributed by atoms with E-state index in [0.717, 1.165) is 58.0 Å². The molecule has 2 nitrogen and oxygen atoms in total. The van der Waals surface area contributed by atoms with Gasteiger partial charge in [0, 0.05) is 12.1 Å². The standard InChI is InChI=1S/C22H48O2Si/c1-7-8-15-18-21(23)19-16-13-11-9-10-12-14-17-20-24-25(5,6)22(2,3)4/h21,23H,7-20H2,1-6H3/t21-/m1/s1/i16D2,19D2. The quantitative estimate of drug-likeness (QED) is 0.224. The molecule has 152 valence electrons. The van der Waals surface area contributed by atoms with Crippen LogP contribution in [0.4, 0.5) is 0 Å². The van der Waals surface area contributed by atoms with Gasteiger partial charge in [-0.1, -0.05) is 91.9 Å². The number of hydrogen-bond donors (Lipinski definition) is 1. The topological polar surface area (TPSA) is 29.5 Å². The third kappa shape index (κ3) is 13.9. The van der Waals surface area contributed by atoms with E-state index in [1.165, 1.54) is 0 Å². The Bertz CT molecular complexity index is 437. The lowest BCUT2D eigenvalue weighted by molar-refractivity contribution is 0.147. The predicted octanol–water partition coefficient (Wildman–Crippen LogP) is 7.46. The first-order valence-electron chi connectivity index (χ1n) is 12.5. The molecule has 1 atom stereocenters. The third-order valence-corrected chi connectivity index (χ3v) is 9.85. The minimum atomic E-state index is -2.19. The van der Waals surface area contributed by atoms with Gasteiger partial charge in [-0.05, 0) is 37.3 Å². The van der Waals surface area contributed by atoms with Gasteiger partial charge in [0.25, 0.3) is 0 Å². The maximum Gasteiger partial charge on any atom is 0.191 e. The number of hydrogen-bond acceptors (Lipinski definition) is 2. The van der Waals surface area contributed by atoms with Crippen LogP contribution in [0.15, 0.2) is 0 Å². The Hall–Kier alpha value is 0.137. The lowest BCUT2D eigenvalue weighted by Crippen LogP contribution is -2.40. The van der Waals surface area contributed by atoms with Crippen LogP contribution in [0, 0.1) is 0 Å². The fraction of sp³-hybridized carbons (Fsp3) is 1.00. The molecule has 0 saturated carbocycles. The minimum absolute atomic E-state index is 0.166. The highest BCUT2D eigenvalue weighted by Gasteiger charge is 2.36. The van der Waals surface area contributed by atoms with E-state index >= 15 is 0 Å². The van der Waals surface area contributed by atoms with Gasteiger partial charge in [0.05, 0.1) is 6.10 Å². The summed E-state index contributed by atoms with van der Waals surface area (Å²) in [4.78, 5) is 0. The van der Waals surface area contributed by atoms with Crippen molar-refractivity contribution in [3.8, 4) is 0 Å². The molecule has 0 heterocycles. The zero-order valence-electron chi connectivity index (χ0n) is 21.9. The number of aliphatic hydroxyl groups excluding tert-OH is 1. The molecule has 0 saturated heterocycles. The maximum absolute atomic E-state index is 10.1. The summed E-state index contributed by atoms with van der Waals surface area (Å²) < 4.78 is 38.6. The van der Waals surface area contributed by atoms with Gasteiger partial charge < -0.3 is 9.53 Å². The molecule has 0 aliphatic rings. The van der Waals surface area contributed by atoms with Crippen LogP contribution in [-0.4, -0.2) is 26.1 Å². The van der Waals surface area contributed by atoms with Crippen molar-refractivity contribution in [3.05, 3.63) is 0 Å². The zero-order chi connectivity index (χ0) is 22.8. The van der Waals surface area contributed by atoms with E-state index in [2.05, 4.69) is 40.8 Å². The van der Waals surface area contributed by atoms with Crippen LogP contribution in [0.3, 0.4) is 0 Å². The van der Waals surface area contributed by atoms with Crippen LogP contribution in [0.1, 0.15) is 117 Å². The van der Waals surface area contributed by atoms with E-state index in [9.17, 15) is 5.11 Å². The highest BCUT2D eigenvalue weighted by Crippen LogP contribution is 2.36. The molecular formula is C22H48O2Si. The van der Waals surface area contributed by atoms with Crippen LogP contribution in [-0.2, 0) is 4.43 Å². The molecule has 0 spiro atoms. The van der Waals surface area contributed by atoms with Gasteiger partial charge in [-0.25, -0.2) is 0 Å². The number of aliphatic hydroxyl groups is 1. The second-order valence-electron chi connectivity index (χ2n) is 8.81. The van der Waals surface area contributed by atoms with Crippen molar-refractivity contribution in [1.82, 2.24) is 0 Å². The molecule has 25 heavy (non-hydrogen) atoms. The lowest BCUT2D eigenvalue weighted by Gasteiger charge is -2.36. The van der Waals surface area contributed by atoms with Crippen molar-refractivity contribution < 1.29 is 15.0 Å². The monoisotopic (exact) mass is 376 g/mol. The molecule has 0 bridgehead atoms. The molecule has 0 radical (unpaired) electrons. The van der Waals surface area contributed by atoms with Crippen LogP contribution in [0.25, 0.3) is 0 Å². The van der Waals surface area contributed by atoms with Crippen LogP contribution in [0.5, 0.6) is 0 Å². The van der Waals surface area contributed by atoms with Gasteiger partial charge in [-0.15, -0.1) is 0 Å². The fourth-order valence-corrected chi connectivity index (χ4v) is 3.50. The van der Waals surface area contributed by atoms with E-state index < -0.39 is 27.2 Å². The summed E-state index contributed by atoms with van der Waals surface area (Å²) in [6, 6.07) is 0. The Morgan fingerprint density at radius 3 is 2.04 bits per heavy atom. The Kier molecular flexibility index (Phi) is 10.5. The van der Waals surface area contributed by atoms with Gasteiger partial charge in [0.1, 0.15) is 0 Å². The molecule has 0 fully saturated rings. The van der Waals surface area contributed by atoms with Gasteiger partial charge in [-0.2, -0.15) is 0 Å². The smallest absolute Gasteiger partial charge is 0.191 e. The molecule has 0 aromatic carbocycles. The first-order chi connectivity index (χ1) is 13.2. The average Bonchev–Trinajstić information content (AvgIpc) is 2.59. The highest BCUT2D eigenvalue weighted by atomic mass is 28.4. The van der Waals surface area contributed by atoms with Gasteiger partial charge in [-0.3, -0.25) is 0 Å². The van der Waals surface area contributed by atoms with Gasteiger partial charge in [0.15, 0.2) is 8.32 Å². The summed E-state index contributed by atoms with van der Waals surface area (Å²) in [7, 11) is -1.64. The summed E-state index contributed by atoms with van der Waals surface area (Å²) in [5, 5.41) is 10.4. The molecule has 0 amide bonds. The zero-order valence-corrected chi connectivity index (χ0v) is 18.9. The molecular weight excluding hydrogens is 324 g/mol. The molecule has 0 aliphatic carbocycles. The van der Waals surface area contributed by atoms with Crippen molar-refractivity contribution in [3.63, 3.8) is 0 Å². The van der Waals surface area contributed by atoms with Crippen molar-refractivity contribution in [1.29, 1.82) is 0 Å². The van der Waals surface area contributed by atoms with Crippen LogP contribution in [0.2, 0.25) is 18.1 Å². The largest absolute Gasteiger partial charge is 0.417 e. The fourth-order valence-electron chi connectivity index (χ4n) is 2.42. The number of unbranched alkanes of at least 4 members (excludes halogenated alkanes) is 7. The Morgan fingerprint density at radius 2 is 1.48 bits per heavy atom. The Morgan fingerprint density at radius 1 is 0.920 bits per heavy atom. The molecule has 0 aromatic rings. The second kappa shape index (κ2) is 14.2. The summed E-state index contributed by atoms with van der Waals surface area (Å²) in [5.74, 6) is 0. The highest BCUT2D eigenvalue weighted by molar-refractivity contribution is 6.74. The first-order valence-corrected chi connectivity index (χ1v) is 13.4. The van der Waals surface area contributed by atoms with Crippen LogP contribution >= 0.6 is 0 Å². The Balaban J connectivity index is 4.01. The predicted molar refractivity (Wildman–Crippen MR) is 115 cm³/mol. The first kappa shape index (κ1) is 18.5. The van der Waals surface area contributed by atoms with Crippen molar-refractivity contribution >= 4 is 8.32 Å². The normalized spacial score (nSPS) is 17.6. The molecule has 1 N–H and O–H groups in total. The molecule has 0 rings (SSSR count). The third-order valence-electron chi connectivity index (χ3n) is 5.31. The van der Waals surface area contributed by atoms with E-state index in [0.29, 0.717) is 12.8 Å². The summed E-state index contributed by atoms with van der Waals surface area (Å²) in [6.45, 7) is 14.2. The van der Waals surface area contributed by atoms with Gasteiger partial charge in [0.2, 0.25) is 0 Å². The van der Waals surface area contributed by atoms with Crippen molar-refractivity contribution in [2.24, 2.45) is 0 Å². The molecule has 0 aromatic heterocycles.